The van der Waals surface area contributed by atoms with Gasteiger partial charge >= 0.3 is 0 Å². The van der Waals surface area contributed by atoms with Crippen LogP contribution in [0.25, 0.3) is 0 Å². The molecule has 4 fully saturated rings. The van der Waals surface area contributed by atoms with Gasteiger partial charge in [-0.3, -0.25) is 0 Å². The Morgan fingerprint density at radius 3 is 2.62 bits per heavy atom. The van der Waals surface area contributed by atoms with E-state index in [2.05, 4.69) is 13.0 Å². The first kappa shape index (κ1) is 18.7. The van der Waals surface area contributed by atoms with Crippen molar-refractivity contribution in [3.8, 4) is 0 Å². The van der Waals surface area contributed by atoms with Gasteiger partial charge in [0.05, 0.1) is 13.2 Å². The van der Waals surface area contributed by atoms with Crippen LogP contribution in [-0.4, -0.2) is 42.9 Å². The maximum absolute atomic E-state index is 11.8. The number of fused-ring (bicyclic) bond motifs is 5. The molecule has 0 aromatic carbocycles. The van der Waals surface area contributed by atoms with Gasteiger partial charge in [0, 0.05) is 18.3 Å². The van der Waals surface area contributed by atoms with Gasteiger partial charge in [-0.05, 0) is 62.2 Å². The predicted octanol–water partition coefficient (Wildman–Crippen LogP) is 3.92. The summed E-state index contributed by atoms with van der Waals surface area (Å²) in [7, 11) is 0. The van der Waals surface area contributed by atoms with Crippen molar-refractivity contribution in [3.05, 3.63) is 23.7 Å². The first-order valence-corrected chi connectivity index (χ1v) is 11.7. The van der Waals surface area contributed by atoms with Crippen LogP contribution in [0.2, 0.25) is 0 Å². The van der Waals surface area contributed by atoms with E-state index in [4.69, 9.17) is 18.9 Å². The number of allylic oxidation sites excluding steroid dienone is 1. The molecule has 3 saturated carbocycles. The van der Waals surface area contributed by atoms with Crippen LogP contribution in [-0.2, 0) is 18.9 Å². The molecule has 5 nitrogen and oxygen atoms in total. The molecular formula is C24H34O5. The second-order valence-electron chi connectivity index (χ2n) is 10.4. The normalized spacial score (nSPS) is 47.9. The van der Waals surface area contributed by atoms with Crippen molar-refractivity contribution in [2.24, 2.45) is 29.1 Å². The Bertz CT molecular complexity index is 738. The highest BCUT2D eigenvalue weighted by molar-refractivity contribution is 5.26. The minimum absolute atomic E-state index is 0.125. The molecule has 2 heterocycles. The van der Waals surface area contributed by atoms with Crippen LogP contribution in [0.15, 0.2) is 23.7 Å². The maximum atomic E-state index is 11.8. The molecule has 0 radical (unpaired) electrons. The van der Waals surface area contributed by atoms with Crippen LogP contribution in [0.4, 0.5) is 0 Å². The van der Waals surface area contributed by atoms with Gasteiger partial charge in [-0.15, -0.1) is 0 Å². The van der Waals surface area contributed by atoms with Gasteiger partial charge in [-0.2, -0.15) is 0 Å². The molecule has 29 heavy (non-hydrogen) atoms. The Morgan fingerprint density at radius 2 is 1.83 bits per heavy atom. The molecule has 1 saturated heterocycles. The van der Waals surface area contributed by atoms with E-state index in [-0.39, 0.29) is 11.2 Å². The third kappa shape index (κ3) is 2.56. The Labute approximate surface area is 173 Å². The van der Waals surface area contributed by atoms with Crippen molar-refractivity contribution in [1.29, 1.82) is 0 Å². The standard InChI is InChI=1S/C24H34O5/c1-22-7-4-18-17-5-8-23(28-12-13-29-23)14-16(17)2-3-19(18)20(22)6-9-24(22,25)21-15-26-10-11-27-21/h2,15,17-20,25H,3-14H2,1H3/t17?,18-,19-,20+,22+,24-/m1/s1. The summed E-state index contributed by atoms with van der Waals surface area (Å²) in [5.41, 5.74) is 0.581. The first-order valence-electron chi connectivity index (χ1n) is 11.7. The zero-order valence-corrected chi connectivity index (χ0v) is 17.5. The summed E-state index contributed by atoms with van der Waals surface area (Å²) in [6, 6.07) is 0. The summed E-state index contributed by atoms with van der Waals surface area (Å²) in [5, 5.41) is 11.8. The Morgan fingerprint density at radius 1 is 0.966 bits per heavy atom. The molecule has 0 bridgehead atoms. The van der Waals surface area contributed by atoms with E-state index in [9.17, 15) is 5.11 Å². The van der Waals surface area contributed by atoms with Crippen LogP contribution in [0.1, 0.15) is 58.3 Å². The van der Waals surface area contributed by atoms with E-state index in [1.54, 1.807) is 11.8 Å². The smallest absolute Gasteiger partial charge is 0.172 e. The molecule has 2 aliphatic heterocycles. The SMILES string of the molecule is C[C@]12CC[C@@H]3C4CCC5(CC4=CC[C@H]3[C@@H]1CC[C@@]2(O)C1=COCCO1)OCCO5. The minimum atomic E-state index is -0.880. The average Bonchev–Trinajstić information content (AvgIpc) is 3.31. The van der Waals surface area contributed by atoms with Gasteiger partial charge in [-0.25, -0.2) is 0 Å². The number of hydrogen-bond donors (Lipinski definition) is 1. The highest BCUT2D eigenvalue weighted by Gasteiger charge is 2.64. The van der Waals surface area contributed by atoms with E-state index in [1.807, 2.05) is 0 Å². The fourth-order valence-electron chi connectivity index (χ4n) is 8.00. The molecule has 6 aliphatic rings. The summed E-state index contributed by atoms with van der Waals surface area (Å²) in [6.45, 7) is 4.92. The maximum Gasteiger partial charge on any atom is 0.172 e. The average molecular weight is 403 g/mol. The Hall–Kier alpha value is -1.04. The molecule has 1 N–H and O–H groups in total. The van der Waals surface area contributed by atoms with Crippen LogP contribution in [0.5, 0.6) is 0 Å². The molecule has 6 rings (SSSR count). The second-order valence-corrected chi connectivity index (χ2v) is 10.4. The van der Waals surface area contributed by atoms with Crippen LogP contribution < -0.4 is 0 Å². The lowest BCUT2D eigenvalue weighted by Gasteiger charge is -2.56. The first-order chi connectivity index (χ1) is 14.0. The van der Waals surface area contributed by atoms with Crippen molar-refractivity contribution in [3.63, 3.8) is 0 Å². The second kappa shape index (κ2) is 6.48. The highest BCUT2D eigenvalue weighted by atomic mass is 16.7. The van der Waals surface area contributed by atoms with Crippen molar-refractivity contribution >= 4 is 0 Å². The molecule has 0 aromatic rings. The zero-order valence-electron chi connectivity index (χ0n) is 17.5. The van der Waals surface area contributed by atoms with E-state index in [0.29, 0.717) is 36.7 Å². The van der Waals surface area contributed by atoms with Crippen molar-refractivity contribution in [2.75, 3.05) is 26.4 Å². The number of ether oxygens (including phenoxy) is 4. The van der Waals surface area contributed by atoms with E-state index in [0.717, 1.165) is 57.7 Å². The monoisotopic (exact) mass is 402 g/mol. The molecule has 0 aromatic heterocycles. The van der Waals surface area contributed by atoms with Gasteiger partial charge < -0.3 is 24.1 Å². The lowest BCUT2D eigenvalue weighted by molar-refractivity contribution is -0.178. The Kier molecular flexibility index (Phi) is 4.18. The molecule has 0 amide bonds. The predicted molar refractivity (Wildman–Crippen MR) is 107 cm³/mol. The molecule has 1 spiro atoms. The lowest BCUT2D eigenvalue weighted by atomic mass is 9.51. The number of rotatable bonds is 1. The van der Waals surface area contributed by atoms with Crippen LogP contribution >= 0.6 is 0 Å². The molecule has 4 aliphatic carbocycles. The Balaban J connectivity index is 1.27. The molecular weight excluding hydrogens is 368 g/mol. The largest absolute Gasteiger partial charge is 0.494 e. The van der Waals surface area contributed by atoms with E-state index < -0.39 is 5.60 Å². The van der Waals surface area contributed by atoms with Gasteiger partial charge in [0.25, 0.3) is 0 Å². The summed E-state index contributed by atoms with van der Waals surface area (Å²) in [4.78, 5) is 0. The molecule has 5 heteroatoms. The van der Waals surface area contributed by atoms with Crippen LogP contribution in [0.3, 0.4) is 0 Å². The molecule has 1 unspecified atom stereocenters. The zero-order chi connectivity index (χ0) is 19.7. The lowest BCUT2D eigenvalue weighted by Crippen LogP contribution is -2.54. The topological polar surface area (TPSA) is 57.2 Å². The van der Waals surface area contributed by atoms with Gasteiger partial charge in [0.2, 0.25) is 0 Å². The van der Waals surface area contributed by atoms with Crippen molar-refractivity contribution in [2.45, 2.75) is 69.7 Å². The summed E-state index contributed by atoms with van der Waals surface area (Å²) in [5.74, 6) is 2.99. The van der Waals surface area contributed by atoms with E-state index >= 15 is 0 Å². The van der Waals surface area contributed by atoms with Crippen molar-refractivity contribution < 1.29 is 24.1 Å². The van der Waals surface area contributed by atoms with Gasteiger partial charge in [0.1, 0.15) is 25.1 Å². The number of hydrogen-bond acceptors (Lipinski definition) is 5. The fourth-order valence-corrected chi connectivity index (χ4v) is 8.00. The molecule has 6 atom stereocenters. The van der Waals surface area contributed by atoms with Gasteiger partial charge in [0.15, 0.2) is 11.5 Å². The third-order valence-corrected chi connectivity index (χ3v) is 9.47. The van der Waals surface area contributed by atoms with Crippen LogP contribution in [0, 0.1) is 29.1 Å². The summed E-state index contributed by atoms with van der Waals surface area (Å²) >= 11 is 0. The van der Waals surface area contributed by atoms with Crippen molar-refractivity contribution in [1.82, 2.24) is 0 Å². The fraction of sp³-hybridized carbons (Fsp3) is 0.833. The highest BCUT2D eigenvalue weighted by Crippen LogP contribution is 2.66. The minimum Gasteiger partial charge on any atom is -0.494 e. The van der Waals surface area contributed by atoms with Gasteiger partial charge in [-0.1, -0.05) is 18.6 Å². The van der Waals surface area contributed by atoms with E-state index in [1.165, 1.54) is 12.8 Å². The quantitative estimate of drug-likeness (QED) is 0.674. The third-order valence-electron chi connectivity index (χ3n) is 9.47. The summed E-state index contributed by atoms with van der Waals surface area (Å²) < 4.78 is 23.5. The number of aliphatic hydroxyl groups is 1. The summed E-state index contributed by atoms with van der Waals surface area (Å²) in [6.07, 6.45) is 12.7. The molecule has 160 valence electrons.